The van der Waals surface area contributed by atoms with Gasteiger partial charge in [0.1, 0.15) is 0 Å². The van der Waals surface area contributed by atoms with Crippen LogP contribution in [-0.2, 0) is 32.5 Å². The first-order valence-electron chi connectivity index (χ1n) is 12.2. The van der Waals surface area contributed by atoms with Gasteiger partial charge in [0.2, 0.25) is 5.95 Å². The van der Waals surface area contributed by atoms with Crippen LogP contribution in [0.2, 0.25) is 0 Å². The summed E-state index contributed by atoms with van der Waals surface area (Å²) in [5.74, 6) is -6.10. The number of aliphatic carboxylic acids is 2. The lowest BCUT2D eigenvalue weighted by molar-refractivity contribution is -0.193. The van der Waals surface area contributed by atoms with E-state index >= 15 is 0 Å². The van der Waals surface area contributed by atoms with Crippen molar-refractivity contribution in [3.63, 3.8) is 0 Å². The Morgan fingerprint density at radius 1 is 0.953 bits per heavy atom. The van der Waals surface area contributed by atoms with Crippen LogP contribution >= 0.6 is 0 Å². The standard InChI is InChI=1S/C21H21FN4O2S.2C2HF3O2/c1-2-26-11-14(8-24-26)10-25-12-18-17-7-15(16-4-6-21(22)23-9-16)3-5-19(17)29(27,28)20(18)13-25;2*3-2(4,5)1(6)7/h3-9,11,18,20H,2,10,12-13H2,1H3;2*(H,6,7). The highest BCUT2D eigenvalue weighted by molar-refractivity contribution is 7.92. The number of likely N-dealkylation sites (tertiary alicyclic amines) is 1. The molecule has 0 amide bonds. The third-order valence-electron chi connectivity index (χ3n) is 6.42. The summed E-state index contributed by atoms with van der Waals surface area (Å²) in [4.78, 5) is 24.1. The van der Waals surface area contributed by atoms with Crippen LogP contribution in [0.25, 0.3) is 11.1 Å². The van der Waals surface area contributed by atoms with Gasteiger partial charge in [-0.1, -0.05) is 6.07 Å². The molecule has 18 heteroatoms. The molecule has 2 aliphatic rings. The van der Waals surface area contributed by atoms with E-state index in [0.717, 1.165) is 28.8 Å². The Kier molecular flexibility index (Phi) is 9.85. The SMILES string of the molecule is CCn1cc(CN2CC3c4cc(-c5ccc(F)nc5)ccc4S(=O)(=O)C3C2)cn1.O=C(O)C(F)(F)F.O=C(O)C(F)(F)F. The summed E-state index contributed by atoms with van der Waals surface area (Å²) in [7, 11) is -3.35. The van der Waals surface area contributed by atoms with E-state index in [0.29, 0.717) is 24.5 Å². The molecule has 2 aliphatic heterocycles. The van der Waals surface area contributed by atoms with Crippen LogP contribution in [0.1, 0.15) is 24.0 Å². The lowest BCUT2D eigenvalue weighted by Crippen LogP contribution is -2.25. The average Bonchev–Trinajstić information content (AvgIpc) is 3.60. The predicted octanol–water partition coefficient (Wildman–Crippen LogP) is 4.13. The van der Waals surface area contributed by atoms with Crippen LogP contribution in [0.15, 0.2) is 53.8 Å². The van der Waals surface area contributed by atoms with Crippen LogP contribution in [0.5, 0.6) is 0 Å². The third kappa shape index (κ3) is 8.07. The number of carbonyl (C=O) groups is 2. The van der Waals surface area contributed by atoms with E-state index in [4.69, 9.17) is 19.8 Å². The summed E-state index contributed by atoms with van der Waals surface area (Å²) in [6.07, 6.45) is -4.83. The number of sulfone groups is 1. The summed E-state index contributed by atoms with van der Waals surface area (Å²) >= 11 is 0. The van der Waals surface area contributed by atoms with Gasteiger partial charge in [-0.25, -0.2) is 23.0 Å². The van der Waals surface area contributed by atoms with Crippen molar-refractivity contribution in [1.82, 2.24) is 19.7 Å². The van der Waals surface area contributed by atoms with Crippen molar-refractivity contribution >= 4 is 21.8 Å². The molecule has 2 atom stereocenters. The van der Waals surface area contributed by atoms with E-state index in [-0.39, 0.29) is 5.92 Å². The van der Waals surface area contributed by atoms with Crippen LogP contribution in [0, 0.1) is 5.95 Å². The number of benzene rings is 1. The minimum atomic E-state index is -5.08. The van der Waals surface area contributed by atoms with E-state index in [2.05, 4.69) is 15.0 Å². The molecule has 0 radical (unpaired) electrons. The Labute approximate surface area is 239 Å². The molecule has 5 rings (SSSR count). The molecule has 234 valence electrons. The monoisotopic (exact) mass is 640 g/mol. The van der Waals surface area contributed by atoms with Gasteiger partial charge in [-0.15, -0.1) is 0 Å². The number of halogens is 7. The van der Waals surface area contributed by atoms with E-state index in [9.17, 15) is 39.2 Å². The fourth-order valence-corrected chi connectivity index (χ4v) is 6.69. The topological polar surface area (TPSA) is 143 Å². The Balaban J connectivity index is 0.000000303. The Morgan fingerprint density at radius 2 is 1.53 bits per heavy atom. The number of hydrogen-bond acceptors (Lipinski definition) is 7. The molecule has 43 heavy (non-hydrogen) atoms. The molecular formula is C25H23F7N4O6S. The first kappa shape index (κ1) is 33.4. The van der Waals surface area contributed by atoms with Gasteiger partial charge in [0.25, 0.3) is 0 Å². The van der Waals surface area contributed by atoms with E-state index in [1.54, 1.807) is 18.2 Å². The number of pyridine rings is 1. The molecule has 0 bridgehead atoms. The molecule has 2 N–H and O–H groups in total. The van der Waals surface area contributed by atoms with Crippen molar-refractivity contribution in [3.05, 3.63) is 66.0 Å². The number of fused-ring (bicyclic) bond motifs is 3. The zero-order chi connectivity index (χ0) is 32.3. The maximum absolute atomic E-state index is 13.1. The van der Waals surface area contributed by atoms with Crippen LogP contribution in [-0.4, -0.2) is 80.9 Å². The van der Waals surface area contributed by atoms with Gasteiger partial charge in [0.05, 0.1) is 16.3 Å². The molecule has 0 saturated carbocycles. The molecule has 2 aromatic heterocycles. The van der Waals surface area contributed by atoms with Crippen molar-refractivity contribution < 1.29 is 59.0 Å². The number of aryl methyl sites for hydroxylation is 1. The van der Waals surface area contributed by atoms with Crippen LogP contribution in [0.4, 0.5) is 30.7 Å². The molecule has 3 aromatic rings. The molecule has 1 aromatic carbocycles. The number of alkyl halides is 6. The highest BCUT2D eigenvalue weighted by Crippen LogP contribution is 2.46. The number of hydrogen-bond donors (Lipinski definition) is 2. The second kappa shape index (κ2) is 12.7. The zero-order valence-electron chi connectivity index (χ0n) is 22.0. The first-order chi connectivity index (χ1) is 19.8. The second-order valence-electron chi connectivity index (χ2n) is 9.32. The van der Waals surface area contributed by atoms with Crippen molar-refractivity contribution in [1.29, 1.82) is 0 Å². The fraction of sp³-hybridized carbons (Fsp3) is 0.360. The molecule has 0 aliphatic carbocycles. The first-order valence-corrected chi connectivity index (χ1v) is 13.7. The van der Waals surface area contributed by atoms with Gasteiger partial charge < -0.3 is 10.2 Å². The van der Waals surface area contributed by atoms with Crippen molar-refractivity contribution in [2.24, 2.45) is 0 Å². The number of nitrogens with zero attached hydrogens (tertiary/aromatic N) is 4. The summed E-state index contributed by atoms with van der Waals surface area (Å²) in [5, 5.41) is 18.1. The van der Waals surface area contributed by atoms with Gasteiger partial charge >= 0.3 is 24.3 Å². The number of carboxylic acid groups (broad SMARTS) is 2. The lowest BCUT2D eigenvalue weighted by atomic mass is 9.95. The smallest absolute Gasteiger partial charge is 0.475 e. The summed E-state index contributed by atoms with van der Waals surface area (Å²) < 4.78 is 105. The average molecular weight is 641 g/mol. The minimum Gasteiger partial charge on any atom is -0.475 e. The molecular weight excluding hydrogens is 617 g/mol. The van der Waals surface area contributed by atoms with Gasteiger partial charge in [0.15, 0.2) is 9.84 Å². The highest BCUT2D eigenvalue weighted by atomic mass is 32.2. The normalized spacial score (nSPS) is 18.9. The predicted molar refractivity (Wildman–Crippen MR) is 134 cm³/mol. The summed E-state index contributed by atoms with van der Waals surface area (Å²) in [5.41, 5.74) is 3.59. The molecule has 2 unspecified atom stereocenters. The van der Waals surface area contributed by atoms with Crippen molar-refractivity contribution in [2.75, 3.05) is 13.1 Å². The van der Waals surface area contributed by atoms with E-state index < -0.39 is 45.3 Å². The third-order valence-corrected chi connectivity index (χ3v) is 8.68. The minimum absolute atomic E-state index is 0.0513. The quantitative estimate of drug-likeness (QED) is 0.318. The van der Waals surface area contributed by atoms with Gasteiger partial charge in [-0.05, 0) is 42.3 Å². The second-order valence-corrected chi connectivity index (χ2v) is 11.5. The Morgan fingerprint density at radius 3 is 2.02 bits per heavy atom. The maximum atomic E-state index is 13.1. The fourth-order valence-electron chi connectivity index (χ4n) is 4.50. The zero-order valence-corrected chi connectivity index (χ0v) is 22.8. The molecule has 1 saturated heterocycles. The Bertz CT molecular complexity index is 1550. The van der Waals surface area contributed by atoms with Gasteiger partial charge in [-0.3, -0.25) is 9.58 Å². The Hall–Kier alpha value is -4.06. The van der Waals surface area contributed by atoms with E-state index in [1.807, 2.05) is 30.1 Å². The molecule has 10 nitrogen and oxygen atoms in total. The summed E-state index contributed by atoms with van der Waals surface area (Å²) in [6, 6.07) is 8.39. The van der Waals surface area contributed by atoms with Crippen LogP contribution in [0.3, 0.4) is 0 Å². The summed E-state index contributed by atoms with van der Waals surface area (Å²) in [6.45, 7) is 4.76. The van der Waals surface area contributed by atoms with Gasteiger partial charge in [0, 0.05) is 55.6 Å². The van der Waals surface area contributed by atoms with Crippen LogP contribution < -0.4 is 0 Å². The van der Waals surface area contributed by atoms with E-state index in [1.165, 1.54) is 12.3 Å². The number of carboxylic acids is 2. The number of rotatable bonds is 4. The largest absolute Gasteiger partial charge is 0.490 e. The number of aromatic nitrogens is 3. The van der Waals surface area contributed by atoms with Crippen molar-refractivity contribution in [3.8, 4) is 11.1 Å². The molecule has 0 spiro atoms. The molecule has 1 fully saturated rings. The molecule has 4 heterocycles. The maximum Gasteiger partial charge on any atom is 0.490 e. The van der Waals surface area contributed by atoms with Gasteiger partial charge in [-0.2, -0.15) is 35.8 Å². The highest BCUT2D eigenvalue weighted by Gasteiger charge is 2.50. The lowest BCUT2D eigenvalue weighted by Gasteiger charge is -2.16. The van der Waals surface area contributed by atoms with Crippen molar-refractivity contribution in [2.45, 2.75) is 48.4 Å².